The minimum atomic E-state index is -0.392. The molecule has 1 saturated heterocycles. The van der Waals surface area contributed by atoms with E-state index in [2.05, 4.69) is 10.1 Å². The number of methoxy groups -OCH3 is 1. The van der Waals surface area contributed by atoms with Crippen molar-refractivity contribution in [2.24, 2.45) is 5.92 Å². The van der Waals surface area contributed by atoms with Gasteiger partial charge in [-0.3, -0.25) is 14.4 Å². The van der Waals surface area contributed by atoms with Gasteiger partial charge in [0.1, 0.15) is 0 Å². The number of hydrogen-bond donors (Lipinski definition) is 1. The van der Waals surface area contributed by atoms with Gasteiger partial charge >= 0.3 is 5.97 Å². The lowest BCUT2D eigenvalue weighted by atomic mass is 9.89. The molecule has 1 heterocycles. The van der Waals surface area contributed by atoms with Crippen molar-refractivity contribution in [2.75, 3.05) is 20.2 Å². The van der Waals surface area contributed by atoms with Gasteiger partial charge in [0.05, 0.1) is 19.6 Å². The van der Waals surface area contributed by atoms with Crippen molar-refractivity contribution in [1.29, 1.82) is 0 Å². The van der Waals surface area contributed by atoms with Crippen molar-refractivity contribution in [2.45, 2.75) is 57.4 Å². The molecule has 124 valence electrons. The molecule has 0 aromatic rings. The average molecular weight is 310 g/mol. The Labute approximate surface area is 131 Å². The molecule has 2 aliphatic rings. The van der Waals surface area contributed by atoms with Crippen LogP contribution in [0.25, 0.3) is 0 Å². The number of ether oxygens (including phenoxy) is 1. The quantitative estimate of drug-likeness (QED) is 0.749. The van der Waals surface area contributed by atoms with Crippen molar-refractivity contribution in [3.63, 3.8) is 0 Å². The summed E-state index contributed by atoms with van der Waals surface area (Å²) in [5.74, 6) is 0.162. The Hall–Kier alpha value is -1.59. The van der Waals surface area contributed by atoms with E-state index < -0.39 is 5.97 Å². The number of nitrogens with zero attached hydrogens (tertiary/aromatic N) is 1. The number of likely N-dealkylation sites (tertiary alicyclic amines) is 1. The lowest BCUT2D eigenvalue weighted by Gasteiger charge is -2.27. The molecule has 0 aromatic heterocycles. The Morgan fingerprint density at radius 2 is 1.95 bits per heavy atom. The molecule has 0 aromatic carbocycles. The Kier molecular flexibility index (Phi) is 6.21. The molecule has 6 nitrogen and oxygen atoms in total. The first-order valence-electron chi connectivity index (χ1n) is 8.22. The van der Waals surface area contributed by atoms with Crippen LogP contribution in [0.3, 0.4) is 0 Å². The molecule has 1 aliphatic heterocycles. The maximum absolute atomic E-state index is 12.1. The van der Waals surface area contributed by atoms with E-state index in [1.807, 2.05) is 4.90 Å². The molecule has 0 unspecified atom stereocenters. The van der Waals surface area contributed by atoms with Crippen molar-refractivity contribution in [3.05, 3.63) is 0 Å². The Balaban J connectivity index is 1.71. The zero-order chi connectivity index (χ0) is 15.9. The Bertz CT molecular complexity index is 418. The number of esters is 1. The molecule has 2 amide bonds. The van der Waals surface area contributed by atoms with Crippen LogP contribution in [0, 0.1) is 5.92 Å². The van der Waals surface area contributed by atoms with Crippen LogP contribution in [-0.2, 0) is 19.1 Å². The van der Waals surface area contributed by atoms with Crippen LogP contribution in [0.5, 0.6) is 0 Å². The summed E-state index contributed by atoms with van der Waals surface area (Å²) in [7, 11) is 1.30. The summed E-state index contributed by atoms with van der Waals surface area (Å²) in [5, 5.41) is 2.85. The van der Waals surface area contributed by atoms with Crippen LogP contribution in [0.2, 0.25) is 0 Å². The predicted molar refractivity (Wildman–Crippen MR) is 81.0 cm³/mol. The number of rotatable bonds is 6. The van der Waals surface area contributed by atoms with E-state index in [0.29, 0.717) is 18.9 Å². The van der Waals surface area contributed by atoms with Crippen LogP contribution in [-0.4, -0.2) is 48.9 Å². The second-order valence-electron chi connectivity index (χ2n) is 6.35. The minimum Gasteiger partial charge on any atom is -0.469 e. The molecule has 0 bridgehead atoms. The van der Waals surface area contributed by atoms with Gasteiger partial charge in [-0.05, 0) is 18.8 Å². The molecule has 6 heteroatoms. The molecular formula is C16H26N2O4. The third kappa shape index (κ3) is 5.00. The van der Waals surface area contributed by atoms with Gasteiger partial charge in [0.15, 0.2) is 0 Å². The van der Waals surface area contributed by atoms with Crippen molar-refractivity contribution < 1.29 is 19.1 Å². The fourth-order valence-corrected chi connectivity index (χ4v) is 3.34. The molecular weight excluding hydrogens is 284 g/mol. The molecule has 1 aliphatic carbocycles. The SMILES string of the molecule is COC(=O)CCC(=O)N[C@H]1CC(=O)N(CC2CCCCC2)C1. The second-order valence-corrected chi connectivity index (χ2v) is 6.35. The number of hydrogen-bond acceptors (Lipinski definition) is 4. The van der Waals surface area contributed by atoms with Crippen molar-refractivity contribution in [1.82, 2.24) is 10.2 Å². The van der Waals surface area contributed by atoms with E-state index in [1.54, 1.807) is 0 Å². The molecule has 0 radical (unpaired) electrons. The fraction of sp³-hybridized carbons (Fsp3) is 0.812. The highest BCUT2D eigenvalue weighted by Gasteiger charge is 2.32. The van der Waals surface area contributed by atoms with E-state index in [-0.39, 0.29) is 30.7 Å². The summed E-state index contributed by atoms with van der Waals surface area (Å²) < 4.78 is 4.51. The van der Waals surface area contributed by atoms with Crippen LogP contribution < -0.4 is 5.32 Å². The van der Waals surface area contributed by atoms with Crippen LogP contribution in [0.4, 0.5) is 0 Å². The number of amides is 2. The predicted octanol–water partition coefficient (Wildman–Crippen LogP) is 1.24. The third-order valence-electron chi connectivity index (χ3n) is 4.57. The van der Waals surface area contributed by atoms with Crippen LogP contribution >= 0.6 is 0 Å². The summed E-state index contributed by atoms with van der Waals surface area (Å²) in [4.78, 5) is 36.7. The fourth-order valence-electron chi connectivity index (χ4n) is 3.34. The van der Waals surface area contributed by atoms with Gasteiger partial charge in [0.2, 0.25) is 11.8 Å². The summed E-state index contributed by atoms with van der Waals surface area (Å²) in [6.45, 7) is 1.42. The van der Waals surface area contributed by atoms with Crippen molar-refractivity contribution >= 4 is 17.8 Å². The van der Waals surface area contributed by atoms with E-state index in [0.717, 1.165) is 6.54 Å². The molecule has 1 atom stereocenters. The van der Waals surface area contributed by atoms with E-state index in [1.165, 1.54) is 39.2 Å². The molecule has 2 fully saturated rings. The highest BCUT2D eigenvalue weighted by molar-refractivity contribution is 5.84. The lowest BCUT2D eigenvalue weighted by molar-refractivity contribution is -0.142. The number of carbonyl (C=O) groups is 3. The second kappa shape index (κ2) is 8.15. The molecule has 22 heavy (non-hydrogen) atoms. The molecule has 1 N–H and O–H groups in total. The molecule has 1 saturated carbocycles. The van der Waals surface area contributed by atoms with Gasteiger partial charge in [0, 0.05) is 25.9 Å². The smallest absolute Gasteiger partial charge is 0.306 e. The first kappa shape index (κ1) is 16.8. The first-order chi connectivity index (χ1) is 10.6. The highest BCUT2D eigenvalue weighted by Crippen LogP contribution is 2.26. The van der Waals surface area contributed by atoms with Gasteiger partial charge in [-0.15, -0.1) is 0 Å². The summed E-state index contributed by atoms with van der Waals surface area (Å²) in [6, 6.07) is -0.124. The maximum Gasteiger partial charge on any atom is 0.306 e. The maximum atomic E-state index is 12.1. The van der Waals surface area contributed by atoms with Gasteiger partial charge < -0.3 is 15.0 Å². The highest BCUT2D eigenvalue weighted by atomic mass is 16.5. The van der Waals surface area contributed by atoms with E-state index in [9.17, 15) is 14.4 Å². The summed E-state index contributed by atoms with van der Waals surface area (Å²) >= 11 is 0. The zero-order valence-corrected chi connectivity index (χ0v) is 13.3. The van der Waals surface area contributed by atoms with Gasteiger partial charge in [0.25, 0.3) is 0 Å². The van der Waals surface area contributed by atoms with Gasteiger partial charge in [-0.2, -0.15) is 0 Å². The monoisotopic (exact) mass is 310 g/mol. The summed E-state index contributed by atoms with van der Waals surface area (Å²) in [5.41, 5.74) is 0. The standard InChI is InChI=1S/C16H26N2O4/c1-22-16(21)8-7-14(19)17-13-9-15(20)18(11-13)10-12-5-3-2-4-6-12/h12-13H,2-11H2,1H3,(H,17,19)/t13-/m0/s1. The average Bonchev–Trinajstić information content (AvgIpc) is 2.85. The number of carbonyl (C=O) groups excluding carboxylic acids is 3. The normalized spacial score (nSPS) is 22.7. The summed E-state index contributed by atoms with van der Waals surface area (Å²) in [6.07, 6.45) is 6.81. The van der Waals surface area contributed by atoms with Crippen LogP contribution in [0.15, 0.2) is 0 Å². The van der Waals surface area contributed by atoms with E-state index in [4.69, 9.17) is 0 Å². The van der Waals surface area contributed by atoms with Crippen LogP contribution in [0.1, 0.15) is 51.4 Å². The Morgan fingerprint density at radius 1 is 1.23 bits per heavy atom. The van der Waals surface area contributed by atoms with E-state index >= 15 is 0 Å². The van der Waals surface area contributed by atoms with Gasteiger partial charge in [-0.1, -0.05) is 19.3 Å². The molecule has 0 spiro atoms. The van der Waals surface area contributed by atoms with Crippen molar-refractivity contribution in [3.8, 4) is 0 Å². The topological polar surface area (TPSA) is 75.7 Å². The van der Waals surface area contributed by atoms with Gasteiger partial charge in [-0.25, -0.2) is 0 Å². The third-order valence-corrected chi connectivity index (χ3v) is 4.57. The zero-order valence-electron chi connectivity index (χ0n) is 13.3. The largest absolute Gasteiger partial charge is 0.469 e. The molecule has 2 rings (SSSR count). The lowest BCUT2D eigenvalue weighted by Crippen LogP contribution is -2.38. The minimum absolute atomic E-state index is 0.0782. The number of nitrogens with one attached hydrogen (secondary N) is 1. The Morgan fingerprint density at radius 3 is 2.64 bits per heavy atom. The first-order valence-corrected chi connectivity index (χ1v) is 8.22.